The van der Waals surface area contributed by atoms with Gasteiger partial charge in [0.1, 0.15) is 16.9 Å². The van der Waals surface area contributed by atoms with E-state index < -0.39 is 10.0 Å². The number of ketones is 1. The number of Topliss-reactive ketones (excluding diaryl/α,β-unsaturated/α-hetero) is 1. The van der Waals surface area contributed by atoms with Gasteiger partial charge in [0, 0.05) is 49.2 Å². The molecule has 2 aromatic carbocycles. The summed E-state index contributed by atoms with van der Waals surface area (Å²) in [5.41, 5.74) is 10.9. The van der Waals surface area contributed by atoms with Crippen molar-refractivity contribution in [1.82, 2.24) is 19.9 Å². The second kappa shape index (κ2) is 9.16. The van der Waals surface area contributed by atoms with Gasteiger partial charge in [-0.3, -0.25) is 14.3 Å². The Morgan fingerprint density at radius 1 is 1.11 bits per heavy atom. The molecule has 0 saturated carbocycles. The summed E-state index contributed by atoms with van der Waals surface area (Å²) in [5.74, 6) is -0.0135. The van der Waals surface area contributed by atoms with E-state index in [2.05, 4.69) is 15.3 Å². The summed E-state index contributed by atoms with van der Waals surface area (Å²) >= 11 is 0. The van der Waals surface area contributed by atoms with E-state index in [0.717, 1.165) is 16.8 Å². The highest BCUT2D eigenvalue weighted by Crippen LogP contribution is 2.30. The molecule has 0 spiro atoms. The maximum Gasteiger partial charge on any atom is 0.240 e. The lowest BCUT2D eigenvalue weighted by molar-refractivity contribution is 0.0966. The molecule has 1 aliphatic rings. The van der Waals surface area contributed by atoms with Crippen LogP contribution in [0.4, 0.5) is 0 Å². The van der Waals surface area contributed by atoms with Crippen LogP contribution in [0.15, 0.2) is 78.2 Å². The van der Waals surface area contributed by atoms with Gasteiger partial charge in [-0.1, -0.05) is 36.4 Å². The highest BCUT2D eigenvalue weighted by Gasteiger charge is 2.28. The predicted molar refractivity (Wildman–Crippen MR) is 131 cm³/mol. The third kappa shape index (κ3) is 4.52. The number of carbonyl (C=O) groups excluding carboxylic acids is 1. The minimum absolute atomic E-state index is 0.0135. The van der Waals surface area contributed by atoms with Crippen molar-refractivity contribution in [2.45, 2.75) is 30.4 Å². The molecule has 3 heterocycles. The van der Waals surface area contributed by atoms with E-state index in [0.29, 0.717) is 35.6 Å². The summed E-state index contributed by atoms with van der Waals surface area (Å²) in [7, 11) is -3.92. The molecule has 0 saturated heterocycles. The van der Waals surface area contributed by atoms with E-state index >= 15 is 0 Å². The molecule has 9 nitrogen and oxygen atoms in total. The lowest BCUT2D eigenvalue weighted by Gasteiger charge is -2.16. The zero-order valence-corrected chi connectivity index (χ0v) is 19.6. The number of nitrogens with zero attached hydrogens (tertiary/aromatic N) is 3. The van der Waals surface area contributed by atoms with Crippen LogP contribution in [0.3, 0.4) is 0 Å². The molecule has 178 valence electrons. The first-order chi connectivity index (χ1) is 16.8. The summed E-state index contributed by atoms with van der Waals surface area (Å²) in [5, 5.41) is 8.77. The zero-order valence-electron chi connectivity index (χ0n) is 18.8. The minimum atomic E-state index is -3.92. The molecule has 1 atom stereocenters. The molecule has 1 unspecified atom stereocenters. The van der Waals surface area contributed by atoms with Crippen molar-refractivity contribution in [1.29, 1.82) is 0 Å². The van der Waals surface area contributed by atoms with Crippen LogP contribution < -0.4 is 16.2 Å². The Bertz CT molecular complexity index is 1510. The summed E-state index contributed by atoms with van der Waals surface area (Å²) in [6, 6.07) is 16.5. The third-order valence-corrected chi connectivity index (χ3v) is 7.09. The Kier molecular flexibility index (Phi) is 6.03. The number of aromatic nitrogens is 3. The molecule has 0 radical (unpaired) electrons. The number of sulfonamides is 1. The lowest BCUT2D eigenvalue weighted by Crippen LogP contribution is -2.20. The zero-order chi connectivity index (χ0) is 24.6. The Morgan fingerprint density at radius 2 is 1.91 bits per heavy atom. The molecular weight excluding hydrogens is 464 g/mol. The molecule has 1 aliphatic heterocycles. The van der Waals surface area contributed by atoms with Gasteiger partial charge in [-0.25, -0.2) is 18.5 Å². The number of primary sulfonamides is 1. The first-order valence-electron chi connectivity index (χ1n) is 11.0. The first-order valence-corrected chi connectivity index (χ1v) is 12.6. The second-order valence-electron chi connectivity index (χ2n) is 8.38. The molecule has 10 heteroatoms. The van der Waals surface area contributed by atoms with Crippen LogP contribution in [0.5, 0.6) is 0 Å². The topological polar surface area (TPSA) is 146 Å². The quantitative estimate of drug-likeness (QED) is 0.391. The largest absolute Gasteiger partial charge is 0.326 e. The molecule has 0 aliphatic carbocycles. The standard InChI is InChI=1S/C25H24N6O3S/c26-12-16-2-1-3-19(10-16)31-15-30-22-13-29-21(11-23(32)25(22)31)18-6-4-17(5-7-18)20-8-9-28-14-24(20)35(27,33)34/h1-10,14-15,21,29H,11-13,26H2,(H2,27,33,34). The number of pyridine rings is 1. The fourth-order valence-corrected chi connectivity index (χ4v) is 5.09. The highest BCUT2D eigenvalue weighted by molar-refractivity contribution is 7.89. The van der Waals surface area contributed by atoms with Crippen LogP contribution in [-0.2, 0) is 23.1 Å². The molecule has 4 aromatic rings. The number of fused-ring (bicyclic) bond motifs is 1. The van der Waals surface area contributed by atoms with E-state index in [1.54, 1.807) is 12.4 Å². The van der Waals surface area contributed by atoms with Crippen LogP contribution in [0.2, 0.25) is 0 Å². The number of carbonyl (C=O) groups is 1. The van der Waals surface area contributed by atoms with Crippen molar-refractivity contribution in [2.75, 3.05) is 0 Å². The van der Waals surface area contributed by atoms with Crippen LogP contribution in [0.25, 0.3) is 16.8 Å². The van der Waals surface area contributed by atoms with Gasteiger partial charge in [0.2, 0.25) is 10.0 Å². The number of hydrogen-bond acceptors (Lipinski definition) is 7. The van der Waals surface area contributed by atoms with Gasteiger partial charge < -0.3 is 11.1 Å². The molecule has 5 rings (SSSR count). The Morgan fingerprint density at radius 3 is 2.66 bits per heavy atom. The Hall–Kier alpha value is -3.70. The van der Waals surface area contributed by atoms with Crippen molar-refractivity contribution in [3.8, 4) is 16.8 Å². The number of nitrogens with two attached hydrogens (primary N) is 2. The highest BCUT2D eigenvalue weighted by atomic mass is 32.2. The van der Waals surface area contributed by atoms with Crippen molar-refractivity contribution >= 4 is 15.8 Å². The monoisotopic (exact) mass is 488 g/mol. The van der Waals surface area contributed by atoms with Crippen molar-refractivity contribution in [3.63, 3.8) is 0 Å². The van der Waals surface area contributed by atoms with Crippen molar-refractivity contribution in [3.05, 3.63) is 95.8 Å². The van der Waals surface area contributed by atoms with Crippen molar-refractivity contribution < 1.29 is 13.2 Å². The number of imidazole rings is 1. The van der Waals surface area contributed by atoms with Crippen LogP contribution in [-0.4, -0.2) is 28.7 Å². The Balaban J connectivity index is 1.42. The number of hydrogen-bond donors (Lipinski definition) is 3. The van der Waals surface area contributed by atoms with Gasteiger partial charge in [-0.05, 0) is 34.9 Å². The third-order valence-electron chi connectivity index (χ3n) is 6.15. The van der Waals surface area contributed by atoms with E-state index in [1.165, 1.54) is 12.4 Å². The van der Waals surface area contributed by atoms with Crippen LogP contribution >= 0.6 is 0 Å². The molecule has 5 N–H and O–H groups in total. The van der Waals surface area contributed by atoms with Gasteiger partial charge in [0.05, 0.1) is 5.69 Å². The van der Waals surface area contributed by atoms with E-state index in [9.17, 15) is 13.2 Å². The molecule has 0 bridgehead atoms. The molecule has 0 fully saturated rings. The Labute approximate surface area is 202 Å². The number of nitrogens with one attached hydrogen (secondary N) is 1. The average Bonchev–Trinajstić information content (AvgIpc) is 3.23. The second-order valence-corrected chi connectivity index (χ2v) is 9.91. The smallest absolute Gasteiger partial charge is 0.240 e. The van der Waals surface area contributed by atoms with Gasteiger partial charge in [0.15, 0.2) is 5.78 Å². The van der Waals surface area contributed by atoms with Crippen molar-refractivity contribution in [2.24, 2.45) is 10.9 Å². The maximum atomic E-state index is 13.3. The first kappa shape index (κ1) is 23.1. The number of benzene rings is 2. The molecule has 0 amide bonds. The minimum Gasteiger partial charge on any atom is -0.326 e. The summed E-state index contributed by atoms with van der Waals surface area (Å²) in [6.07, 6.45) is 4.69. The van der Waals surface area contributed by atoms with Gasteiger partial charge in [-0.2, -0.15) is 0 Å². The number of rotatable bonds is 5. The fourth-order valence-electron chi connectivity index (χ4n) is 4.39. The van der Waals surface area contributed by atoms with Gasteiger partial charge >= 0.3 is 0 Å². The normalized spacial score (nSPS) is 16.1. The summed E-state index contributed by atoms with van der Waals surface area (Å²) in [6.45, 7) is 0.855. The van der Waals surface area contributed by atoms with E-state index in [1.807, 2.05) is 53.1 Å². The predicted octanol–water partition coefficient (Wildman–Crippen LogP) is 2.46. The summed E-state index contributed by atoms with van der Waals surface area (Å²) in [4.78, 5) is 21.7. The summed E-state index contributed by atoms with van der Waals surface area (Å²) < 4.78 is 25.7. The van der Waals surface area contributed by atoms with Gasteiger partial charge in [-0.15, -0.1) is 0 Å². The average molecular weight is 489 g/mol. The van der Waals surface area contributed by atoms with Crippen LogP contribution in [0, 0.1) is 0 Å². The van der Waals surface area contributed by atoms with Crippen LogP contribution in [0.1, 0.15) is 39.8 Å². The van der Waals surface area contributed by atoms with E-state index in [4.69, 9.17) is 10.9 Å². The fraction of sp³-hybridized carbons (Fsp3) is 0.160. The van der Waals surface area contributed by atoms with E-state index in [-0.39, 0.29) is 23.1 Å². The molecule has 35 heavy (non-hydrogen) atoms. The molecular formula is C25H24N6O3S. The SMILES string of the molecule is NCc1cccc(-n2cnc3c2C(=O)CC(c2ccc(-c4ccncc4S(N)(=O)=O)cc2)NC3)c1. The maximum absolute atomic E-state index is 13.3. The lowest BCUT2D eigenvalue weighted by atomic mass is 9.98. The molecule has 2 aromatic heterocycles. The van der Waals surface area contributed by atoms with Gasteiger partial charge in [0.25, 0.3) is 0 Å².